The zero-order valence-corrected chi connectivity index (χ0v) is 10.5. The Morgan fingerprint density at radius 1 is 1.08 bits per heavy atom. The van der Waals surface area contributed by atoms with Crippen LogP contribution in [-0.4, -0.2) is 0 Å². The molecule has 1 atom stereocenters. The van der Waals surface area contributed by atoms with Crippen LogP contribution in [0.2, 0.25) is 0 Å². The fourth-order valence-electron chi connectivity index (χ4n) is 2.02. The highest BCUT2D eigenvalue weighted by molar-refractivity contribution is 4.80. The second-order valence-corrected chi connectivity index (χ2v) is 5.22. The first-order chi connectivity index (χ1) is 5.96. The minimum absolute atomic E-state index is 0.518. The smallest absolute Gasteiger partial charge is 0.0303 e. The minimum Gasteiger partial charge on any atom is -0.0654 e. The molecule has 80 valence electrons. The Morgan fingerprint density at radius 2 is 1.62 bits per heavy atom. The predicted octanol–water partition coefficient (Wildman–Crippen LogP) is 4.89. The van der Waals surface area contributed by atoms with Crippen molar-refractivity contribution in [3.63, 3.8) is 0 Å². The standard InChI is InChI=1S/C13H28/c1-7-9-10-12(8-2)13(5,6)11(3)4/h11-12H,7-10H2,1-6H3. The van der Waals surface area contributed by atoms with Gasteiger partial charge in [0.25, 0.3) is 0 Å². The zero-order chi connectivity index (χ0) is 10.5. The average Bonchev–Trinajstić information content (AvgIpc) is 2.05. The highest BCUT2D eigenvalue weighted by atomic mass is 14.4. The van der Waals surface area contributed by atoms with E-state index in [0.717, 1.165) is 11.8 Å². The van der Waals surface area contributed by atoms with E-state index in [4.69, 9.17) is 0 Å². The lowest BCUT2D eigenvalue weighted by molar-refractivity contribution is 0.122. The summed E-state index contributed by atoms with van der Waals surface area (Å²) in [5.41, 5.74) is 0.518. The third-order valence-electron chi connectivity index (χ3n) is 3.94. The molecule has 1 unspecified atom stereocenters. The summed E-state index contributed by atoms with van der Waals surface area (Å²) in [6, 6.07) is 0. The van der Waals surface area contributed by atoms with E-state index in [1.165, 1.54) is 25.7 Å². The van der Waals surface area contributed by atoms with Crippen molar-refractivity contribution >= 4 is 0 Å². The van der Waals surface area contributed by atoms with Crippen molar-refractivity contribution in [1.29, 1.82) is 0 Å². The van der Waals surface area contributed by atoms with Crippen molar-refractivity contribution in [2.75, 3.05) is 0 Å². The minimum atomic E-state index is 0.518. The van der Waals surface area contributed by atoms with Gasteiger partial charge >= 0.3 is 0 Å². The van der Waals surface area contributed by atoms with Gasteiger partial charge in [0.1, 0.15) is 0 Å². The number of hydrogen-bond donors (Lipinski definition) is 0. The summed E-state index contributed by atoms with van der Waals surface area (Å²) in [5.74, 6) is 1.71. The summed E-state index contributed by atoms with van der Waals surface area (Å²) in [6.45, 7) is 14.2. The SMILES string of the molecule is CCCCC(CC)C(C)(C)C(C)C. The summed E-state index contributed by atoms with van der Waals surface area (Å²) >= 11 is 0. The van der Waals surface area contributed by atoms with Crippen LogP contribution in [0.4, 0.5) is 0 Å². The maximum Gasteiger partial charge on any atom is -0.0303 e. The molecular weight excluding hydrogens is 156 g/mol. The molecule has 0 aliphatic rings. The maximum absolute atomic E-state index is 2.43. The first kappa shape index (κ1) is 13.0. The normalized spacial score (nSPS) is 15.0. The Hall–Kier alpha value is 0. The molecular formula is C13H28. The van der Waals surface area contributed by atoms with E-state index in [9.17, 15) is 0 Å². The number of rotatable bonds is 6. The van der Waals surface area contributed by atoms with Gasteiger partial charge in [-0.2, -0.15) is 0 Å². The fraction of sp³-hybridized carbons (Fsp3) is 1.00. The highest BCUT2D eigenvalue weighted by Gasteiger charge is 2.30. The van der Waals surface area contributed by atoms with Gasteiger partial charge in [0.05, 0.1) is 0 Å². The lowest BCUT2D eigenvalue weighted by atomic mass is 9.68. The van der Waals surface area contributed by atoms with Gasteiger partial charge in [-0.1, -0.05) is 60.8 Å². The average molecular weight is 184 g/mol. The first-order valence-corrected chi connectivity index (χ1v) is 5.96. The van der Waals surface area contributed by atoms with Gasteiger partial charge in [0, 0.05) is 0 Å². The van der Waals surface area contributed by atoms with Crippen molar-refractivity contribution in [3.8, 4) is 0 Å². The van der Waals surface area contributed by atoms with Crippen LogP contribution >= 0.6 is 0 Å². The second-order valence-electron chi connectivity index (χ2n) is 5.22. The van der Waals surface area contributed by atoms with Crippen molar-refractivity contribution in [1.82, 2.24) is 0 Å². The Kier molecular flexibility index (Phi) is 5.67. The Bertz CT molecular complexity index is 122. The Morgan fingerprint density at radius 3 is 1.92 bits per heavy atom. The topological polar surface area (TPSA) is 0 Å². The predicted molar refractivity (Wildman–Crippen MR) is 61.9 cm³/mol. The van der Waals surface area contributed by atoms with Crippen LogP contribution in [0, 0.1) is 17.3 Å². The summed E-state index contributed by atoms with van der Waals surface area (Å²) in [5, 5.41) is 0. The first-order valence-electron chi connectivity index (χ1n) is 5.96. The van der Waals surface area contributed by atoms with E-state index >= 15 is 0 Å². The zero-order valence-electron chi connectivity index (χ0n) is 10.5. The molecule has 0 heterocycles. The van der Waals surface area contributed by atoms with E-state index in [1.54, 1.807) is 0 Å². The van der Waals surface area contributed by atoms with E-state index in [2.05, 4.69) is 41.5 Å². The molecule has 0 fully saturated rings. The molecule has 0 aliphatic carbocycles. The largest absolute Gasteiger partial charge is 0.0654 e. The number of hydrogen-bond acceptors (Lipinski definition) is 0. The van der Waals surface area contributed by atoms with Crippen LogP contribution in [0.25, 0.3) is 0 Å². The number of unbranched alkanes of at least 4 members (excludes halogenated alkanes) is 1. The molecule has 0 aromatic rings. The summed E-state index contributed by atoms with van der Waals surface area (Å²) in [7, 11) is 0. The third-order valence-corrected chi connectivity index (χ3v) is 3.94. The van der Waals surface area contributed by atoms with Crippen LogP contribution in [-0.2, 0) is 0 Å². The quantitative estimate of drug-likeness (QED) is 0.551. The van der Waals surface area contributed by atoms with Gasteiger partial charge < -0.3 is 0 Å². The lowest BCUT2D eigenvalue weighted by Crippen LogP contribution is -2.29. The molecule has 0 bridgehead atoms. The summed E-state index contributed by atoms with van der Waals surface area (Å²) in [4.78, 5) is 0. The Balaban J connectivity index is 4.19. The molecule has 0 aliphatic heterocycles. The van der Waals surface area contributed by atoms with Crippen LogP contribution in [0.3, 0.4) is 0 Å². The Labute approximate surface area is 85.1 Å². The molecule has 13 heavy (non-hydrogen) atoms. The van der Waals surface area contributed by atoms with Gasteiger partial charge in [0.15, 0.2) is 0 Å². The molecule has 0 saturated carbocycles. The summed E-state index contributed by atoms with van der Waals surface area (Å²) < 4.78 is 0. The lowest BCUT2D eigenvalue weighted by Gasteiger charge is -2.37. The monoisotopic (exact) mass is 184 g/mol. The molecule has 0 aromatic heterocycles. The van der Waals surface area contributed by atoms with Crippen molar-refractivity contribution in [2.24, 2.45) is 17.3 Å². The molecule has 0 aromatic carbocycles. The molecule has 0 heteroatoms. The van der Waals surface area contributed by atoms with Gasteiger partial charge in [-0.05, 0) is 23.7 Å². The van der Waals surface area contributed by atoms with Gasteiger partial charge in [-0.15, -0.1) is 0 Å². The van der Waals surface area contributed by atoms with E-state index in [-0.39, 0.29) is 0 Å². The van der Waals surface area contributed by atoms with Gasteiger partial charge in [-0.25, -0.2) is 0 Å². The maximum atomic E-state index is 2.43. The second kappa shape index (κ2) is 5.67. The van der Waals surface area contributed by atoms with Crippen molar-refractivity contribution in [3.05, 3.63) is 0 Å². The fourth-order valence-corrected chi connectivity index (χ4v) is 2.02. The van der Waals surface area contributed by atoms with Crippen LogP contribution in [0.15, 0.2) is 0 Å². The van der Waals surface area contributed by atoms with Gasteiger partial charge in [0.2, 0.25) is 0 Å². The van der Waals surface area contributed by atoms with E-state index in [0.29, 0.717) is 5.41 Å². The van der Waals surface area contributed by atoms with Gasteiger partial charge in [-0.3, -0.25) is 0 Å². The molecule has 0 radical (unpaired) electrons. The highest BCUT2D eigenvalue weighted by Crippen LogP contribution is 2.39. The molecule has 0 spiro atoms. The third kappa shape index (κ3) is 3.70. The van der Waals surface area contributed by atoms with Crippen LogP contribution in [0.1, 0.15) is 67.2 Å². The molecule has 0 nitrogen and oxygen atoms in total. The summed E-state index contributed by atoms with van der Waals surface area (Å²) in [6.07, 6.45) is 5.49. The van der Waals surface area contributed by atoms with E-state index in [1.807, 2.05) is 0 Å². The molecule has 0 N–H and O–H groups in total. The van der Waals surface area contributed by atoms with Crippen LogP contribution < -0.4 is 0 Å². The molecule has 0 rings (SSSR count). The molecule has 0 saturated heterocycles. The molecule has 0 amide bonds. The van der Waals surface area contributed by atoms with Crippen LogP contribution in [0.5, 0.6) is 0 Å². The van der Waals surface area contributed by atoms with Crippen molar-refractivity contribution in [2.45, 2.75) is 67.2 Å². The van der Waals surface area contributed by atoms with E-state index < -0.39 is 0 Å². The van der Waals surface area contributed by atoms with Crippen molar-refractivity contribution < 1.29 is 0 Å².